The fourth-order valence-electron chi connectivity index (χ4n) is 1.28. The van der Waals surface area contributed by atoms with Crippen LogP contribution in [0.1, 0.15) is 10.4 Å². The van der Waals surface area contributed by atoms with E-state index < -0.39 is 24.8 Å². The first-order valence-electron chi connectivity index (χ1n) is 5.21. The number of hydrogen-bond acceptors (Lipinski definition) is 5. The van der Waals surface area contributed by atoms with Gasteiger partial charge >= 0.3 is 0 Å². The molecule has 0 saturated carbocycles. The topological polar surface area (TPSA) is 97.4 Å². The van der Waals surface area contributed by atoms with Crippen molar-refractivity contribution in [2.75, 3.05) is 18.6 Å². The lowest BCUT2D eigenvalue weighted by atomic mass is 10.2. The predicted molar refractivity (Wildman–Crippen MR) is 76.5 cm³/mol. The molecule has 0 aliphatic heterocycles. The van der Waals surface area contributed by atoms with Gasteiger partial charge in [0.05, 0.1) is 21.2 Å². The summed E-state index contributed by atoms with van der Waals surface area (Å²) >= 11 is 5.79. The predicted octanol–water partition coefficient (Wildman–Crippen LogP) is 1.04. The molecule has 0 atom stereocenters. The number of sulfone groups is 1. The van der Waals surface area contributed by atoms with Crippen LogP contribution < -0.4 is 5.32 Å². The summed E-state index contributed by atoms with van der Waals surface area (Å²) in [6, 6.07) is 3.42. The van der Waals surface area contributed by atoms with Crippen molar-refractivity contribution < 1.29 is 21.6 Å². The second-order valence-corrected chi connectivity index (χ2v) is 9.20. The zero-order chi connectivity index (χ0) is 15.6. The van der Waals surface area contributed by atoms with Crippen LogP contribution in [0.5, 0.6) is 0 Å². The molecule has 0 unspecified atom stereocenters. The van der Waals surface area contributed by atoms with E-state index in [-0.39, 0.29) is 27.8 Å². The molecule has 112 valence electrons. The number of carbonyl (C=O) groups is 1. The number of nitrogens with one attached hydrogen (secondary N) is 1. The standard InChI is InChI=1S/C10H11Cl2NO5S2/c1-19(15,16)5-4-13-10(14)8-6-7(20(12,17)18)2-3-9(8)11/h2-3,6H,4-5H2,1H3,(H,13,14). The van der Waals surface area contributed by atoms with Crippen LogP contribution in [0, 0.1) is 0 Å². The second-order valence-electron chi connectivity index (χ2n) is 3.97. The van der Waals surface area contributed by atoms with Crippen molar-refractivity contribution in [2.24, 2.45) is 0 Å². The normalized spacial score (nSPS) is 12.2. The Balaban J connectivity index is 2.93. The summed E-state index contributed by atoms with van der Waals surface area (Å²) in [6.07, 6.45) is 1.03. The lowest BCUT2D eigenvalue weighted by Gasteiger charge is -2.07. The van der Waals surface area contributed by atoms with E-state index in [1.54, 1.807) is 0 Å². The molecule has 0 spiro atoms. The van der Waals surface area contributed by atoms with E-state index in [4.69, 9.17) is 22.3 Å². The zero-order valence-electron chi connectivity index (χ0n) is 10.3. The Hall–Kier alpha value is -0.830. The average molecular weight is 360 g/mol. The third-order valence-corrected chi connectivity index (χ3v) is 4.85. The van der Waals surface area contributed by atoms with Crippen molar-refractivity contribution in [3.63, 3.8) is 0 Å². The Labute approximate surface area is 126 Å². The Bertz CT molecular complexity index is 728. The Morgan fingerprint density at radius 1 is 1.25 bits per heavy atom. The number of halogens is 2. The van der Waals surface area contributed by atoms with E-state index in [9.17, 15) is 21.6 Å². The SMILES string of the molecule is CS(=O)(=O)CCNC(=O)c1cc(S(=O)(=O)Cl)ccc1Cl. The smallest absolute Gasteiger partial charge is 0.261 e. The van der Waals surface area contributed by atoms with Gasteiger partial charge in [-0.2, -0.15) is 0 Å². The van der Waals surface area contributed by atoms with Gasteiger partial charge in [0.15, 0.2) is 0 Å². The van der Waals surface area contributed by atoms with Crippen LogP contribution in [0.4, 0.5) is 0 Å². The van der Waals surface area contributed by atoms with Gasteiger partial charge in [-0.15, -0.1) is 0 Å². The first-order chi connectivity index (χ1) is 9.00. The van der Waals surface area contributed by atoms with Gasteiger partial charge in [0.2, 0.25) is 0 Å². The van der Waals surface area contributed by atoms with Gasteiger partial charge < -0.3 is 5.32 Å². The van der Waals surface area contributed by atoms with Gasteiger partial charge in [-0.3, -0.25) is 4.79 Å². The molecule has 20 heavy (non-hydrogen) atoms. The summed E-state index contributed by atoms with van der Waals surface area (Å²) in [6.45, 7) is -0.105. The van der Waals surface area contributed by atoms with E-state index >= 15 is 0 Å². The summed E-state index contributed by atoms with van der Waals surface area (Å²) in [5.41, 5.74) is -0.0955. The third kappa shape index (κ3) is 5.28. The summed E-state index contributed by atoms with van der Waals surface area (Å²) in [5.74, 6) is -0.912. The Morgan fingerprint density at radius 2 is 1.85 bits per heavy atom. The number of benzene rings is 1. The van der Waals surface area contributed by atoms with Gasteiger partial charge in [0.1, 0.15) is 9.84 Å². The van der Waals surface area contributed by atoms with Crippen LogP contribution in [-0.4, -0.2) is 41.3 Å². The van der Waals surface area contributed by atoms with Crippen molar-refractivity contribution in [3.8, 4) is 0 Å². The van der Waals surface area contributed by atoms with Crippen LogP contribution in [0.15, 0.2) is 23.1 Å². The largest absolute Gasteiger partial charge is 0.351 e. The number of amides is 1. The van der Waals surface area contributed by atoms with Crippen LogP contribution in [0.2, 0.25) is 5.02 Å². The lowest BCUT2D eigenvalue weighted by Crippen LogP contribution is -2.29. The number of hydrogen-bond donors (Lipinski definition) is 1. The van der Waals surface area contributed by atoms with Crippen LogP contribution in [0.25, 0.3) is 0 Å². The maximum absolute atomic E-state index is 11.8. The van der Waals surface area contributed by atoms with Gasteiger partial charge in [-0.25, -0.2) is 16.8 Å². The summed E-state index contributed by atoms with van der Waals surface area (Å²) in [7, 11) is -2.02. The minimum absolute atomic E-state index is 0.0333. The molecule has 0 radical (unpaired) electrons. The minimum atomic E-state index is -3.98. The van der Waals surface area contributed by atoms with Gasteiger partial charge in [-0.1, -0.05) is 11.6 Å². The molecule has 6 nitrogen and oxygen atoms in total. The highest BCUT2D eigenvalue weighted by Crippen LogP contribution is 2.22. The van der Waals surface area contributed by atoms with Crippen LogP contribution >= 0.6 is 22.3 Å². The molecule has 10 heteroatoms. The highest BCUT2D eigenvalue weighted by atomic mass is 35.7. The molecule has 1 aromatic rings. The highest BCUT2D eigenvalue weighted by molar-refractivity contribution is 8.13. The van der Waals surface area contributed by atoms with E-state index in [1.165, 1.54) is 6.07 Å². The molecule has 1 N–H and O–H groups in total. The van der Waals surface area contributed by atoms with Gasteiger partial charge in [-0.05, 0) is 18.2 Å². The molecule has 1 aromatic carbocycles. The maximum atomic E-state index is 11.8. The maximum Gasteiger partial charge on any atom is 0.261 e. The molecule has 0 heterocycles. The fourth-order valence-corrected chi connectivity index (χ4v) is 2.73. The second kappa shape index (κ2) is 6.30. The highest BCUT2D eigenvalue weighted by Gasteiger charge is 2.17. The molecule has 1 rings (SSSR count). The number of rotatable bonds is 5. The van der Waals surface area contributed by atoms with Crippen molar-refractivity contribution >= 4 is 47.1 Å². The minimum Gasteiger partial charge on any atom is -0.351 e. The molecule has 0 aromatic heterocycles. The zero-order valence-corrected chi connectivity index (χ0v) is 13.4. The molecule has 0 bridgehead atoms. The monoisotopic (exact) mass is 359 g/mol. The Kier molecular flexibility index (Phi) is 5.42. The van der Waals surface area contributed by atoms with E-state index in [1.807, 2.05) is 0 Å². The lowest BCUT2D eigenvalue weighted by molar-refractivity contribution is 0.0956. The Morgan fingerprint density at radius 3 is 2.35 bits per heavy atom. The van der Waals surface area contributed by atoms with E-state index in [2.05, 4.69) is 5.32 Å². The molecular formula is C10H11Cl2NO5S2. The summed E-state index contributed by atoms with van der Waals surface area (Å²) < 4.78 is 44.2. The van der Waals surface area contributed by atoms with Crippen molar-refractivity contribution in [3.05, 3.63) is 28.8 Å². The van der Waals surface area contributed by atoms with Crippen LogP contribution in [-0.2, 0) is 18.9 Å². The molecule has 0 saturated heterocycles. The van der Waals surface area contributed by atoms with Crippen molar-refractivity contribution in [2.45, 2.75) is 4.90 Å². The van der Waals surface area contributed by atoms with Crippen molar-refractivity contribution in [1.82, 2.24) is 5.32 Å². The van der Waals surface area contributed by atoms with Gasteiger partial charge in [0, 0.05) is 23.5 Å². The van der Waals surface area contributed by atoms with Crippen LogP contribution in [0.3, 0.4) is 0 Å². The fraction of sp³-hybridized carbons (Fsp3) is 0.300. The van der Waals surface area contributed by atoms with Gasteiger partial charge in [0.25, 0.3) is 15.0 Å². The molecular weight excluding hydrogens is 349 g/mol. The van der Waals surface area contributed by atoms with Crippen molar-refractivity contribution in [1.29, 1.82) is 0 Å². The molecule has 0 aliphatic carbocycles. The first kappa shape index (κ1) is 17.2. The average Bonchev–Trinajstić information content (AvgIpc) is 2.25. The van der Waals surface area contributed by atoms with E-state index in [0.29, 0.717) is 0 Å². The summed E-state index contributed by atoms with van der Waals surface area (Å²) in [4.78, 5) is 11.5. The van der Waals surface area contributed by atoms with E-state index in [0.717, 1.165) is 18.4 Å². The summed E-state index contributed by atoms with van der Waals surface area (Å²) in [5, 5.41) is 2.37. The third-order valence-electron chi connectivity index (χ3n) is 2.22. The quantitative estimate of drug-likeness (QED) is 0.792. The number of carbonyl (C=O) groups excluding carboxylic acids is 1. The first-order valence-corrected chi connectivity index (χ1v) is 9.95. The molecule has 1 amide bonds. The molecule has 0 aliphatic rings. The molecule has 0 fully saturated rings.